The van der Waals surface area contributed by atoms with Crippen molar-refractivity contribution in [3.8, 4) is 0 Å². The van der Waals surface area contributed by atoms with Gasteiger partial charge in [-0.25, -0.2) is 0 Å². The van der Waals surface area contributed by atoms with Crippen LogP contribution in [0.15, 0.2) is 0 Å². The molecule has 29 heavy (non-hydrogen) atoms. The summed E-state index contributed by atoms with van der Waals surface area (Å²) in [7, 11) is 0. The van der Waals surface area contributed by atoms with Crippen LogP contribution in [-0.2, 0) is 4.79 Å². The van der Waals surface area contributed by atoms with Gasteiger partial charge in [0, 0.05) is 6.42 Å². The van der Waals surface area contributed by atoms with Gasteiger partial charge in [-0.3, -0.25) is 4.79 Å². The van der Waals surface area contributed by atoms with E-state index < -0.39 is 5.97 Å². The van der Waals surface area contributed by atoms with Crippen LogP contribution in [0.3, 0.4) is 0 Å². The maximum Gasteiger partial charge on any atom is 0.303 e. The molecular weight excluding hydrogens is 376 g/mol. The fourth-order valence-corrected chi connectivity index (χ4v) is 3.76. The van der Waals surface area contributed by atoms with E-state index >= 15 is 0 Å². The summed E-state index contributed by atoms with van der Waals surface area (Å²) in [6.07, 6.45) is 28.6. The van der Waals surface area contributed by atoms with E-state index in [4.69, 9.17) is 5.11 Å². The quantitative estimate of drug-likeness (QED) is 0.132. The van der Waals surface area contributed by atoms with Gasteiger partial charge in [0.2, 0.25) is 0 Å². The van der Waals surface area contributed by atoms with E-state index in [1.165, 1.54) is 122 Å². The second kappa shape index (κ2) is 30.0. The highest BCUT2D eigenvalue weighted by Gasteiger charge is 1.96. The lowest BCUT2D eigenvalue weighted by Gasteiger charge is -2.01. The Kier molecular flexibility index (Phi) is 32.1. The van der Waals surface area contributed by atoms with Crippen LogP contribution in [0, 0.1) is 0 Å². The number of unbranched alkanes of at least 4 members (excludes halogenated alkanes) is 19. The number of rotatable bonds is 22. The molecule has 176 valence electrons. The minimum Gasteiger partial charge on any atom is -0.481 e. The van der Waals surface area contributed by atoms with Crippen molar-refractivity contribution in [2.75, 3.05) is 5.75 Å². The second-order valence-corrected chi connectivity index (χ2v) is 9.03. The van der Waals surface area contributed by atoms with Crippen molar-refractivity contribution < 1.29 is 9.90 Å². The first-order valence-electron chi connectivity index (χ1n) is 13.0. The predicted octanol–water partition coefficient (Wildman–Crippen LogP) is 9.61. The van der Waals surface area contributed by atoms with Crippen LogP contribution in [0.2, 0.25) is 0 Å². The molecule has 0 aliphatic rings. The van der Waals surface area contributed by atoms with E-state index in [-0.39, 0.29) is 0 Å². The molecule has 0 bridgehead atoms. The Morgan fingerprint density at radius 2 is 0.793 bits per heavy atom. The number of thiol groups is 1. The van der Waals surface area contributed by atoms with E-state index in [9.17, 15) is 4.79 Å². The van der Waals surface area contributed by atoms with E-state index in [0.717, 1.165) is 18.6 Å². The minimum atomic E-state index is -0.659. The fourth-order valence-electron chi connectivity index (χ4n) is 3.54. The number of hydrogen-bond acceptors (Lipinski definition) is 2. The first-order valence-corrected chi connectivity index (χ1v) is 13.6. The summed E-state index contributed by atoms with van der Waals surface area (Å²) in [4.78, 5) is 10.2. The zero-order chi connectivity index (χ0) is 21.8. The monoisotopic (exact) mass is 430 g/mol. The van der Waals surface area contributed by atoms with Crippen LogP contribution in [-0.4, -0.2) is 16.8 Å². The Balaban J connectivity index is 0. The first-order chi connectivity index (χ1) is 14.2. The lowest BCUT2D eigenvalue weighted by Crippen LogP contribution is -1.93. The highest BCUT2D eigenvalue weighted by Crippen LogP contribution is 2.12. The van der Waals surface area contributed by atoms with Gasteiger partial charge in [-0.05, 0) is 18.6 Å². The number of carboxylic acid groups (broad SMARTS) is 1. The van der Waals surface area contributed by atoms with Gasteiger partial charge in [-0.15, -0.1) is 0 Å². The smallest absolute Gasteiger partial charge is 0.303 e. The Morgan fingerprint density at radius 1 is 0.517 bits per heavy atom. The summed E-state index contributed by atoms with van der Waals surface area (Å²) in [6.45, 7) is 4.51. The standard InChI is InChI=1S/C14H30S.C12H24O2/c1-2-3-4-5-6-7-8-9-10-11-12-13-14-15;1-2-3-4-5-6-7-8-9-10-11-12(13)14/h15H,2-14H2,1H3;2-11H2,1H3,(H,13,14). The van der Waals surface area contributed by atoms with Gasteiger partial charge in [-0.2, -0.15) is 12.6 Å². The Labute approximate surface area is 189 Å². The largest absolute Gasteiger partial charge is 0.481 e. The maximum atomic E-state index is 10.2. The van der Waals surface area contributed by atoms with Gasteiger partial charge in [0.15, 0.2) is 0 Å². The van der Waals surface area contributed by atoms with Crippen LogP contribution in [0.4, 0.5) is 0 Å². The topological polar surface area (TPSA) is 37.3 Å². The molecule has 3 heteroatoms. The normalized spacial score (nSPS) is 10.6. The van der Waals surface area contributed by atoms with E-state index in [0.29, 0.717) is 6.42 Å². The van der Waals surface area contributed by atoms with E-state index in [1.54, 1.807) is 0 Å². The average molecular weight is 431 g/mol. The van der Waals surface area contributed by atoms with Gasteiger partial charge in [0.1, 0.15) is 0 Å². The summed E-state index contributed by atoms with van der Waals surface area (Å²) in [5.41, 5.74) is 0. The molecule has 0 rings (SSSR count). The van der Waals surface area contributed by atoms with Crippen LogP contribution < -0.4 is 0 Å². The molecule has 0 aromatic heterocycles. The zero-order valence-electron chi connectivity index (χ0n) is 20.1. The van der Waals surface area contributed by atoms with Gasteiger partial charge < -0.3 is 5.11 Å². The Hall–Kier alpha value is -0.180. The number of aliphatic carboxylic acids is 1. The highest BCUT2D eigenvalue weighted by molar-refractivity contribution is 7.80. The molecular formula is C26H54O2S. The van der Waals surface area contributed by atoms with Gasteiger partial charge in [-0.1, -0.05) is 136 Å². The van der Waals surface area contributed by atoms with Crippen LogP contribution >= 0.6 is 12.6 Å². The average Bonchev–Trinajstić information content (AvgIpc) is 2.71. The summed E-state index contributed by atoms with van der Waals surface area (Å²) in [5, 5.41) is 8.41. The molecule has 0 saturated heterocycles. The summed E-state index contributed by atoms with van der Waals surface area (Å²) >= 11 is 4.22. The molecule has 2 nitrogen and oxygen atoms in total. The third-order valence-corrected chi connectivity index (χ3v) is 5.82. The van der Waals surface area contributed by atoms with E-state index in [1.807, 2.05) is 0 Å². The maximum absolute atomic E-state index is 10.2. The van der Waals surface area contributed by atoms with E-state index in [2.05, 4.69) is 26.5 Å². The molecule has 0 fully saturated rings. The lowest BCUT2D eigenvalue weighted by molar-refractivity contribution is -0.137. The Bertz CT molecular complexity index is 282. The molecule has 0 unspecified atom stereocenters. The molecule has 0 radical (unpaired) electrons. The van der Waals surface area contributed by atoms with Crippen molar-refractivity contribution in [2.45, 2.75) is 155 Å². The molecule has 0 aliphatic carbocycles. The van der Waals surface area contributed by atoms with Crippen molar-refractivity contribution in [3.05, 3.63) is 0 Å². The van der Waals surface area contributed by atoms with Crippen LogP contribution in [0.25, 0.3) is 0 Å². The molecule has 0 aromatic rings. The van der Waals surface area contributed by atoms with Crippen LogP contribution in [0.1, 0.15) is 155 Å². The van der Waals surface area contributed by atoms with Crippen molar-refractivity contribution in [2.24, 2.45) is 0 Å². The number of carbonyl (C=O) groups is 1. The fraction of sp³-hybridized carbons (Fsp3) is 0.962. The molecule has 0 saturated carbocycles. The lowest BCUT2D eigenvalue weighted by atomic mass is 10.1. The minimum absolute atomic E-state index is 0.343. The molecule has 0 aromatic carbocycles. The first kappa shape index (κ1) is 31.0. The number of hydrogen-bond donors (Lipinski definition) is 2. The second-order valence-electron chi connectivity index (χ2n) is 8.58. The zero-order valence-corrected chi connectivity index (χ0v) is 21.0. The molecule has 0 heterocycles. The van der Waals surface area contributed by atoms with Gasteiger partial charge in [0.25, 0.3) is 0 Å². The number of carboxylic acids is 1. The third kappa shape index (κ3) is 35.6. The summed E-state index contributed by atoms with van der Waals surface area (Å²) in [5.74, 6) is 0.408. The van der Waals surface area contributed by atoms with Crippen molar-refractivity contribution in [1.29, 1.82) is 0 Å². The predicted molar refractivity (Wildman–Crippen MR) is 134 cm³/mol. The summed E-state index contributed by atoms with van der Waals surface area (Å²) < 4.78 is 0. The van der Waals surface area contributed by atoms with Gasteiger partial charge >= 0.3 is 5.97 Å². The summed E-state index contributed by atoms with van der Waals surface area (Å²) in [6, 6.07) is 0. The van der Waals surface area contributed by atoms with Crippen molar-refractivity contribution in [3.63, 3.8) is 0 Å². The molecule has 1 N–H and O–H groups in total. The molecule has 0 atom stereocenters. The Morgan fingerprint density at radius 3 is 1.07 bits per heavy atom. The van der Waals surface area contributed by atoms with Crippen molar-refractivity contribution in [1.82, 2.24) is 0 Å². The van der Waals surface area contributed by atoms with Crippen LogP contribution in [0.5, 0.6) is 0 Å². The molecule has 0 spiro atoms. The van der Waals surface area contributed by atoms with Gasteiger partial charge in [0.05, 0.1) is 0 Å². The molecule has 0 aliphatic heterocycles. The van der Waals surface area contributed by atoms with Crippen molar-refractivity contribution >= 4 is 18.6 Å². The highest BCUT2D eigenvalue weighted by atomic mass is 32.1. The third-order valence-electron chi connectivity index (χ3n) is 5.51. The SMILES string of the molecule is CCCCCCCCCCCC(=O)O.CCCCCCCCCCCCCCS. The molecule has 0 amide bonds.